The van der Waals surface area contributed by atoms with Gasteiger partial charge in [0.15, 0.2) is 5.84 Å². The zero-order valence-corrected chi connectivity index (χ0v) is 11.9. The van der Waals surface area contributed by atoms with Crippen molar-refractivity contribution >= 4 is 5.84 Å². The van der Waals surface area contributed by atoms with Crippen molar-refractivity contribution in [2.75, 3.05) is 26.2 Å². The first kappa shape index (κ1) is 14.2. The molecular weight excluding hydrogens is 270 g/mol. The number of benzene rings is 1. The van der Waals surface area contributed by atoms with E-state index < -0.39 is 0 Å². The molecule has 114 valence electrons. The second-order valence-corrected chi connectivity index (χ2v) is 5.58. The van der Waals surface area contributed by atoms with Gasteiger partial charge in [0, 0.05) is 25.2 Å². The highest BCUT2D eigenvalue weighted by molar-refractivity contribution is 5.97. The topological polar surface area (TPSA) is 80.3 Å². The lowest BCUT2D eigenvalue weighted by molar-refractivity contribution is -0.0408. The number of ether oxygens (including phenoxy) is 2. The Bertz CT molecular complexity index is 491. The van der Waals surface area contributed by atoms with Crippen molar-refractivity contribution in [3.05, 3.63) is 29.8 Å². The van der Waals surface area contributed by atoms with E-state index >= 15 is 0 Å². The molecule has 1 aromatic carbocycles. The van der Waals surface area contributed by atoms with Crippen LogP contribution in [0.5, 0.6) is 5.75 Å². The highest BCUT2D eigenvalue weighted by Crippen LogP contribution is 2.25. The van der Waals surface area contributed by atoms with Gasteiger partial charge in [-0.15, -0.1) is 0 Å². The van der Waals surface area contributed by atoms with Gasteiger partial charge in [0.05, 0.1) is 12.2 Å². The quantitative estimate of drug-likeness (QED) is 0.366. The van der Waals surface area contributed by atoms with E-state index in [0.29, 0.717) is 24.4 Å². The molecule has 0 spiro atoms. The second-order valence-electron chi connectivity index (χ2n) is 5.58. The smallest absolute Gasteiger partial charge is 0.170 e. The first-order valence-electron chi connectivity index (χ1n) is 7.33. The summed E-state index contributed by atoms with van der Waals surface area (Å²) in [5, 5.41) is 11.6. The van der Waals surface area contributed by atoms with E-state index in [2.05, 4.69) is 10.1 Å². The van der Waals surface area contributed by atoms with Crippen LogP contribution in [0.4, 0.5) is 0 Å². The lowest BCUT2D eigenvalue weighted by atomic mass is 10.2. The Labute approximate surface area is 124 Å². The van der Waals surface area contributed by atoms with E-state index in [9.17, 15) is 0 Å². The van der Waals surface area contributed by atoms with Gasteiger partial charge in [-0.2, -0.15) is 0 Å². The van der Waals surface area contributed by atoms with E-state index in [1.807, 2.05) is 12.1 Å². The molecule has 0 saturated carbocycles. The van der Waals surface area contributed by atoms with Gasteiger partial charge in [0.1, 0.15) is 12.4 Å². The van der Waals surface area contributed by atoms with Gasteiger partial charge in [-0.05, 0) is 37.1 Å². The van der Waals surface area contributed by atoms with E-state index in [1.54, 1.807) is 12.1 Å². The fourth-order valence-electron chi connectivity index (χ4n) is 2.95. The number of morpholine rings is 1. The maximum atomic E-state index is 8.61. The van der Waals surface area contributed by atoms with Crippen LogP contribution in [0.2, 0.25) is 0 Å². The Kier molecular flexibility index (Phi) is 4.26. The highest BCUT2D eigenvalue weighted by atomic mass is 16.5. The third-order valence-electron chi connectivity index (χ3n) is 4.05. The predicted octanol–water partition coefficient (Wildman–Crippen LogP) is 1.02. The first-order chi connectivity index (χ1) is 10.2. The maximum absolute atomic E-state index is 8.61. The average Bonchev–Trinajstić information content (AvgIpc) is 2.86. The molecule has 6 nitrogen and oxygen atoms in total. The normalized spacial score (nSPS) is 26.0. The molecule has 6 heteroatoms. The second kappa shape index (κ2) is 6.32. The largest absolute Gasteiger partial charge is 0.492 e. The van der Waals surface area contributed by atoms with Crippen molar-refractivity contribution in [2.24, 2.45) is 10.9 Å². The number of likely N-dealkylation sites (tertiary alicyclic amines) is 1. The van der Waals surface area contributed by atoms with Gasteiger partial charge >= 0.3 is 0 Å². The maximum Gasteiger partial charge on any atom is 0.170 e. The Balaban J connectivity index is 1.45. The van der Waals surface area contributed by atoms with Crippen LogP contribution in [0, 0.1) is 0 Å². The molecule has 1 aromatic rings. The van der Waals surface area contributed by atoms with Gasteiger partial charge < -0.3 is 20.4 Å². The van der Waals surface area contributed by atoms with Crippen molar-refractivity contribution in [1.29, 1.82) is 0 Å². The van der Waals surface area contributed by atoms with Gasteiger partial charge in [0.25, 0.3) is 0 Å². The van der Waals surface area contributed by atoms with E-state index in [-0.39, 0.29) is 5.84 Å². The molecule has 0 radical (unpaired) electrons. The summed E-state index contributed by atoms with van der Waals surface area (Å²) in [6, 6.07) is 7.21. The van der Waals surface area contributed by atoms with Crippen molar-refractivity contribution in [3.63, 3.8) is 0 Å². The number of fused-ring (bicyclic) bond motifs is 2. The number of nitrogens with zero attached hydrogens (tertiary/aromatic N) is 2. The number of nitrogens with two attached hydrogens (primary N) is 1. The summed E-state index contributed by atoms with van der Waals surface area (Å²) in [6.45, 7) is 3.60. The van der Waals surface area contributed by atoms with E-state index in [0.717, 1.165) is 25.4 Å². The number of oxime groups is 1. The van der Waals surface area contributed by atoms with Crippen molar-refractivity contribution in [1.82, 2.24) is 4.90 Å². The molecule has 3 rings (SSSR count). The van der Waals surface area contributed by atoms with Crippen LogP contribution in [-0.4, -0.2) is 54.4 Å². The summed E-state index contributed by atoms with van der Waals surface area (Å²) in [5.41, 5.74) is 6.19. The first-order valence-corrected chi connectivity index (χ1v) is 7.33. The molecule has 0 aliphatic carbocycles. The van der Waals surface area contributed by atoms with Crippen LogP contribution in [-0.2, 0) is 4.74 Å². The third-order valence-corrected chi connectivity index (χ3v) is 4.05. The van der Waals surface area contributed by atoms with Crippen molar-refractivity contribution < 1.29 is 14.7 Å². The molecule has 0 aromatic heterocycles. The molecule has 3 N–H and O–H groups in total. The Morgan fingerprint density at radius 1 is 1.29 bits per heavy atom. The average molecular weight is 291 g/mol. The van der Waals surface area contributed by atoms with Crippen LogP contribution in [0.3, 0.4) is 0 Å². The predicted molar refractivity (Wildman–Crippen MR) is 78.8 cm³/mol. The zero-order chi connectivity index (χ0) is 14.7. The molecule has 2 fully saturated rings. The molecule has 2 atom stereocenters. The standard InChI is InChI=1S/C15H21N3O3/c16-15(17-19)11-1-3-12(4-2-11)20-8-7-18-9-13-5-6-14(10-18)21-13/h1-4,13-14,19H,5-10H2,(H2,16,17). The molecule has 2 bridgehead atoms. The number of hydrogen-bond acceptors (Lipinski definition) is 5. The summed E-state index contributed by atoms with van der Waals surface area (Å²) >= 11 is 0. The number of hydrogen-bond donors (Lipinski definition) is 2. The lowest BCUT2D eigenvalue weighted by Gasteiger charge is -2.31. The van der Waals surface area contributed by atoms with Crippen LogP contribution in [0.25, 0.3) is 0 Å². The summed E-state index contributed by atoms with van der Waals surface area (Å²) in [6.07, 6.45) is 3.22. The summed E-state index contributed by atoms with van der Waals surface area (Å²) in [7, 11) is 0. The minimum Gasteiger partial charge on any atom is -0.492 e. The molecule has 2 aliphatic rings. The minimum absolute atomic E-state index is 0.102. The fraction of sp³-hybridized carbons (Fsp3) is 0.533. The monoisotopic (exact) mass is 291 g/mol. The van der Waals surface area contributed by atoms with Crippen LogP contribution < -0.4 is 10.5 Å². The summed E-state index contributed by atoms with van der Waals surface area (Å²) < 4.78 is 11.6. The van der Waals surface area contributed by atoms with Crippen LogP contribution in [0.15, 0.2) is 29.4 Å². The van der Waals surface area contributed by atoms with E-state index in [4.69, 9.17) is 20.4 Å². The van der Waals surface area contributed by atoms with Crippen molar-refractivity contribution in [3.8, 4) is 5.75 Å². The third kappa shape index (κ3) is 3.46. The highest BCUT2D eigenvalue weighted by Gasteiger charge is 2.33. The van der Waals surface area contributed by atoms with Crippen molar-refractivity contribution in [2.45, 2.75) is 25.0 Å². The lowest BCUT2D eigenvalue weighted by Crippen LogP contribution is -2.44. The van der Waals surface area contributed by atoms with Crippen LogP contribution in [0.1, 0.15) is 18.4 Å². The number of amidine groups is 1. The molecular formula is C15H21N3O3. The molecule has 2 heterocycles. The summed E-state index contributed by atoms with van der Waals surface area (Å²) in [5.74, 6) is 0.895. The van der Waals surface area contributed by atoms with Gasteiger partial charge in [-0.3, -0.25) is 4.90 Å². The van der Waals surface area contributed by atoms with Crippen LogP contribution >= 0.6 is 0 Å². The molecule has 2 unspecified atom stereocenters. The number of rotatable bonds is 5. The molecule has 2 aliphatic heterocycles. The molecule has 21 heavy (non-hydrogen) atoms. The Morgan fingerprint density at radius 2 is 1.95 bits per heavy atom. The van der Waals surface area contributed by atoms with E-state index in [1.165, 1.54) is 12.8 Å². The minimum atomic E-state index is 0.102. The van der Waals surface area contributed by atoms with Gasteiger partial charge in [-0.1, -0.05) is 5.16 Å². The molecule has 2 saturated heterocycles. The summed E-state index contributed by atoms with van der Waals surface area (Å²) in [4.78, 5) is 2.41. The SMILES string of the molecule is NC(=NO)c1ccc(OCCN2CC3CCC(C2)O3)cc1. The fourth-order valence-corrected chi connectivity index (χ4v) is 2.95. The Morgan fingerprint density at radius 3 is 2.57 bits per heavy atom. The molecule has 0 amide bonds. The van der Waals surface area contributed by atoms with Gasteiger partial charge in [-0.25, -0.2) is 0 Å². The zero-order valence-electron chi connectivity index (χ0n) is 11.9. The Hall–Kier alpha value is -1.79. The van der Waals surface area contributed by atoms with Gasteiger partial charge in [0.2, 0.25) is 0 Å².